The molecular weight excluding hydrogens is 448 g/mol. The fourth-order valence-electron chi connectivity index (χ4n) is 3.68. The number of rotatable bonds is 5. The normalized spacial score (nSPS) is 15.9. The van der Waals surface area contributed by atoms with E-state index in [1.54, 1.807) is 43.7 Å². The highest BCUT2D eigenvalue weighted by Crippen LogP contribution is 2.31. The summed E-state index contributed by atoms with van der Waals surface area (Å²) in [4.78, 5) is 31.5. The van der Waals surface area contributed by atoms with Gasteiger partial charge in [0.05, 0.1) is 35.6 Å². The zero-order chi connectivity index (χ0) is 22.8. The number of esters is 1. The van der Waals surface area contributed by atoms with Gasteiger partial charge in [-0.05, 0) is 43.7 Å². The van der Waals surface area contributed by atoms with Gasteiger partial charge in [0, 0.05) is 10.6 Å². The standard InChI is InChI=1S/C24H21ClN2O4S/c1-4-31-23(29)20-14(2)26-24-27(21(20)15-9-11-17(25)12-10-15)22(28)19(32-24)13-16-7-5-6-8-18(16)30-3/h5-13,21H,4H2,1-3H3/b19-13+/t21-/m0/s1. The van der Waals surface area contributed by atoms with Crippen molar-refractivity contribution in [1.29, 1.82) is 0 Å². The van der Waals surface area contributed by atoms with E-state index in [9.17, 15) is 9.59 Å². The lowest BCUT2D eigenvalue weighted by Gasteiger charge is -2.24. The zero-order valence-electron chi connectivity index (χ0n) is 17.8. The number of methoxy groups -OCH3 is 1. The first kappa shape index (κ1) is 22.0. The van der Waals surface area contributed by atoms with Crippen molar-refractivity contribution in [3.8, 4) is 5.75 Å². The summed E-state index contributed by atoms with van der Waals surface area (Å²) in [6.07, 6.45) is 1.78. The maximum atomic E-state index is 13.5. The van der Waals surface area contributed by atoms with Crippen LogP contribution in [0.15, 0.2) is 69.6 Å². The van der Waals surface area contributed by atoms with Gasteiger partial charge in [-0.3, -0.25) is 9.36 Å². The molecule has 4 rings (SSSR count). The second-order valence-corrected chi connectivity index (χ2v) is 8.54. The highest BCUT2D eigenvalue weighted by Gasteiger charge is 2.33. The molecule has 0 fully saturated rings. The van der Waals surface area contributed by atoms with Crippen molar-refractivity contribution in [1.82, 2.24) is 4.57 Å². The van der Waals surface area contributed by atoms with Gasteiger partial charge in [0.25, 0.3) is 5.56 Å². The van der Waals surface area contributed by atoms with Gasteiger partial charge in [0.2, 0.25) is 0 Å². The SMILES string of the molecule is CCOC(=O)C1=C(C)N=c2s/c(=C/c3ccccc3OC)c(=O)n2[C@H]1c1ccc(Cl)cc1. The molecule has 1 aromatic heterocycles. The zero-order valence-corrected chi connectivity index (χ0v) is 19.4. The number of thiazole rings is 1. The van der Waals surface area contributed by atoms with Gasteiger partial charge in [-0.2, -0.15) is 0 Å². The Morgan fingerprint density at radius 3 is 2.62 bits per heavy atom. The number of ether oxygens (including phenoxy) is 2. The first-order valence-corrected chi connectivity index (χ1v) is 11.2. The lowest BCUT2D eigenvalue weighted by atomic mass is 9.96. The van der Waals surface area contributed by atoms with Gasteiger partial charge in [0.15, 0.2) is 4.80 Å². The molecule has 0 spiro atoms. The molecule has 1 aliphatic rings. The number of hydrogen-bond acceptors (Lipinski definition) is 6. The van der Waals surface area contributed by atoms with E-state index < -0.39 is 12.0 Å². The molecule has 0 aliphatic carbocycles. The van der Waals surface area contributed by atoms with Crippen LogP contribution in [0, 0.1) is 0 Å². The summed E-state index contributed by atoms with van der Waals surface area (Å²) in [5.41, 5.74) is 2.15. The number of nitrogens with zero attached hydrogens (tertiary/aromatic N) is 2. The first-order chi connectivity index (χ1) is 15.4. The Morgan fingerprint density at radius 2 is 1.94 bits per heavy atom. The molecule has 0 saturated heterocycles. The summed E-state index contributed by atoms with van der Waals surface area (Å²) in [6, 6.07) is 13.9. The molecule has 1 atom stereocenters. The van der Waals surface area contributed by atoms with Gasteiger partial charge in [0.1, 0.15) is 5.75 Å². The quantitative estimate of drug-likeness (QED) is 0.538. The summed E-state index contributed by atoms with van der Waals surface area (Å²) in [5.74, 6) is 0.170. The summed E-state index contributed by atoms with van der Waals surface area (Å²) in [5, 5.41) is 0.565. The molecule has 0 N–H and O–H groups in total. The smallest absolute Gasteiger partial charge is 0.338 e. The van der Waals surface area contributed by atoms with Crippen molar-refractivity contribution in [2.75, 3.05) is 13.7 Å². The van der Waals surface area contributed by atoms with Crippen LogP contribution < -0.4 is 19.6 Å². The lowest BCUT2D eigenvalue weighted by molar-refractivity contribution is -0.139. The molecule has 2 aromatic carbocycles. The highest BCUT2D eigenvalue weighted by molar-refractivity contribution is 7.07. The molecule has 164 valence electrons. The molecule has 0 saturated carbocycles. The Hall–Kier alpha value is -3.16. The molecule has 0 bridgehead atoms. The van der Waals surface area contributed by atoms with Crippen LogP contribution in [0.2, 0.25) is 5.02 Å². The number of aromatic nitrogens is 1. The summed E-state index contributed by atoms with van der Waals surface area (Å²) in [6.45, 7) is 3.72. The third kappa shape index (κ3) is 4.01. The van der Waals surface area contributed by atoms with Crippen molar-refractivity contribution in [2.45, 2.75) is 19.9 Å². The van der Waals surface area contributed by atoms with Crippen molar-refractivity contribution >= 4 is 35.0 Å². The van der Waals surface area contributed by atoms with Crippen molar-refractivity contribution in [3.63, 3.8) is 0 Å². The van der Waals surface area contributed by atoms with E-state index in [2.05, 4.69) is 4.99 Å². The second-order valence-electron chi connectivity index (χ2n) is 7.10. The molecule has 3 aromatic rings. The molecule has 0 amide bonds. The van der Waals surface area contributed by atoms with Gasteiger partial charge in [-0.25, -0.2) is 9.79 Å². The number of benzene rings is 2. The maximum absolute atomic E-state index is 13.5. The topological polar surface area (TPSA) is 69.9 Å². The van der Waals surface area contributed by atoms with Crippen molar-refractivity contribution < 1.29 is 14.3 Å². The third-order valence-electron chi connectivity index (χ3n) is 5.13. The third-order valence-corrected chi connectivity index (χ3v) is 6.36. The number of halogens is 1. The number of allylic oxidation sites excluding steroid dienone is 1. The summed E-state index contributed by atoms with van der Waals surface area (Å²) >= 11 is 7.35. The minimum atomic E-state index is -0.664. The predicted octanol–water partition coefficient (Wildman–Crippen LogP) is 3.46. The van der Waals surface area contributed by atoms with Crippen molar-refractivity contribution in [2.24, 2.45) is 4.99 Å². The number of carbonyl (C=O) groups excluding carboxylic acids is 1. The monoisotopic (exact) mass is 468 g/mol. The summed E-state index contributed by atoms with van der Waals surface area (Å²) < 4.78 is 12.7. The van der Waals surface area contributed by atoms with E-state index in [4.69, 9.17) is 21.1 Å². The largest absolute Gasteiger partial charge is 0.496 e. The lowest BCUT2D eigenvalue weighted by Crippen LogP contribution is -2.39. The van der Waals surface area contributed by atoms with Crippen LogP contribution >= 0.6 is 22.9 Å². The molecule has 0 radical (unpaired) electrons. The van der Waals surface area contributed by atoms with Gasteiger partial charge < -0.3 is 9.47 Å². The molecule has 1 aliphatic heterocycles. The first-order valence-electron chi connectivity index (χ1n) is 10.0. The molecular formula is C24H21ClN2O4S. The minimum absolute atomic E-state index is 0.223. The van der Waals surface area contributed by atoms with Crippen LogP contribution in [-0.4, -0.2) is 24.3 Å². The Morgan fingerprint density at radius 1 is 1.22 bits per heavy atom. The van der Waals surface area contributed by atoms with Gasteiger partial charge in [-0.1, -0.05) is 53.3 Å². The van der Waals surface area contributed by atoms with Crippen LogP contribution in [-0.2, 0) is 9.53 Å². The van der Waals surface area contributed by atoms with Crippen LogP contribution in [0.4, 0.5) is 0 Å². The maximum Gasteiger partial charge on any atom is 0.338 e. The molecule has 32 heavy (non-hydrogen) atoms. The van der Waals surface area contributed by atoms with Gasteiger partial charge in [-0.15, -0.1) is 0 Å². The Labute approximate surface area is 193 Å². The van der Waals surface area contributed by atoms with E-state index in [-0.39, 0.29) is 12.2 Å². The average Bonchev–Trinajstić information content (AvgIpc) is 3.08. The van der Waals surface area contributed by atoms with E-state index >= 15 is 0 Å². The molecule has 0 unspecified atom stereocenters. The van der Waals surface area contributed by atoms with E-state index in [0.717, 1.165) is 11.1 Å². The predicted molar refractivity (Wildman–Crippen MR) is 125 cm³/mol. The number of carbonyl (C=O) groups is 1. The molecule has 2 heterocycles. The van der Waals surface area contributed by atoms with E-state index in [1.807, 2.05) is 36.4 Å². The molecule has 8 heteroatoms. The summed E-state index contributed by atoms with van der Waals surface area (Å²) in [7, 11) is 1.59. The van der Waals surface area contributed by atoms with Crippen molar-refractivity contribution in [3.05, 3.63) is 95.6 Å². The van der Waals surface area contributed by atoms with E-state index in [0.29, 0.717) is 31.4 Å². The second kappa shape index (κ2) is 9.14. The van der Waals surface area contributed by atoms with Crippen LogP contribution in [0.3, 0.4) is 0 Å². The van der Waals surface area contributed by atoms with Crippen LogP contribution in [0.1, 0.15) is 31.0 Å². The number of fused-ring (bicyclic) bond motifs is 1. The Bertz CT molecular complexity index is 1390. The van der Waals surface area contributed by atoms with E-state index in [1.165, 1.54) is 11.3 Å². The highest BCUT2D eigenvalue weighted by atomic mass is 35.5. The molecule has 6 nitrogen and oxygen atoms in total. The fraction of sp³-hybridized carbons (Fsp3) is 0.208. The Kier molecular flexibility index (Phi) is 6.30. The van der Waals surface area contributed by atoms with Gasteiger partial charge >= 0.3 is 5.97 Å². The average molecular weight is 469 g/mol. The minimum Gasteiger partial charge on any atom is -0.496 e. The fourth-order valence-corrected chi connectivity index (χ4v) is 4.84. The number of hydrogen-bond donors (Lipinski definition) is 0. The van der Waals surface area contributed by atoms with Crippen LogP contribution in [0.5, 0.6) is 5.75 Å². The number of para-hydroxylation sites is 1. The van der Waals surface area contributed by atoms with Crippen LogP contribution in [0.25, 0.3) is 6.08 Å². The Balaban J connectivity index is 1.97.